The highest BCUT2D eigenvalue weighted by atomic mass is 16.3. The smallest absolute Gasteiger partial charge is 0.122 e. The van der Waals surface area contributed by atoms with E-state index in [1.807, 2.05) is 0 Å². The van der Waals surface area contributed by atoms with Crippen LogP contribution in [0.1, 0.15) is 45.4 Å². The minimum absolute atomic E-state index is 0.199. The highest BCUT2D eigenvalue weighted by Gasteiger charge is 2.45. The predicted octanol–water partition coefficient (Wildman–Crippen LogP) is 1.24. The van der Waals surface area contributed by atoms with Crippen LogP contribution in [-0.4, -0.2) is 23.5 Å². The van der Waals surface area contributed by atoms with Gasteiger partial charge >= 0.3 is 0 Å². The predicted molar refractivity (Wildman–Crippen MR) is 55.9 cm³/mol. The molecular weight excluding hydrogens is 178 g/mol. The summed E-state index contributed by atoms with van der Waals surface area (Å²) >= 11 is 0. The maximum atomic E-state index is 10.5. The van der Waals surface area contributed by atoms with E-state index >= 15 is 0 Å². The molecule has 3 heteroatoms. The monoisotopic (exact) mass is 199 g/mol. The third kappa shape index (κ3) is 1.98. The Kier molecular flexibility index (Phi) is 3.67. The Bertz CT molecular complexity index is 195. The second kappa shape index (κ2) is 4.41. The van der Waals surface area contributed by atoms with Crippen LogP contribution in [0.3, 0.4) is 0 Å². The molecule has 1 rings (SSSR count). The van der Waals surface area contributed by atoms with Crippen LogP contribution in [0, 0.1) is 5.41 Å². The molecule has 0 aromatic heterocycles. The lowest BCUT2D eigenvalue weighted by Gasteiger charge is -2.46. The second-order valence-corrected chi connectivity index (χ2v) is 4.69. The van der Waals surface area contributed by atoms with Gasteiger partial charge in [-0.25, -0.2) is 0 Å². The van der Waals surface area contributed by atoms with Crippen molar-refractivity contribution in [2.24, 2.45) is 11.1 Å². The van der Waals surface area contributed by atoms with Crippen molar-refractivity contribution >= 4 is 6.29 Å². The van der Waals surface area contributed by atoms with E-state index in [0.29, 0.717) is 6.54 Å². The van der Waals surface area contributed by atoms with Crippen LogP contribution in [0.2, 0.25) is 0 Å². The summed E-state index contributed by atoms with van der Waals surface area (Å²) in [7, 11) is 0. The number of carbonyl (C=O) groups is 1. The number of hydrogen-bond donors (Lipinski definition) is 2. The van der Waals surface area contributed by atoms with Gasteiger partial charge in [0.2, 0.25) is 0 Å². The summed E-state index contributed by atoms with van der Waals surface area (Å²) < 4.78 is 0. The van der Waals surface area contributed by atoms with Crippen LogP contribution >= 0.6 is 0 Å². The summed E-state index contributed by atoms with van der Waals surface area (Å²) in [5, 5.41) is 10.3. The van der Waals surface area contributed by atoms with Gasteiger partial charge in [0.1, 0.15) is 6.29 Å². The van der Waals surface area contributed by atoms with Gasteiger partial charge in [0.15, 0.2) is 0 Å². The fraction of sp³-hybridized carbons (Fsp3) is 0.909. The lowest BCUT2D eigenvalue weighted by Crippen LogP contribution is -2.52. The molecule has 14 heavy (non-hydrogen) atoms. The third-order valence-corrected chi connectivity index (χ3v) is 3.82. The molecule has 1 unspecified atom stereocenters. The molecule has 0 saturated heterocycles. The summed E-state index contributed by atoms with van der Waals surface area (Å²) in [5.74, 6) is 0. The van der Waals surface area contributed by atoms with Crippen molar-refractivity contribution in [2.45, 2.75) is 51.0 Å². The zero-order chi connectivity index (χ0) is 10.7. The Hall–Kier alpha value is -0.410. The number of nitrogens with two attached hydrogens (primary N) is 1. The Morgan fingerprint density at radius 2 is 2.00 bits per heavy atom. The number of aldehydes is 1. The van der Waals surface area contributed by atoms with Gasteiger partial charge in [-0.05, 0) is 19.8 Å². The molecule has 1 fully saturated rings. The molecule has 0 amide bonds. The molecule has 0 heterocycles. The molecular formula is C11H21NO2. The maximum Gasteiger partial charge on any atom is 0.122 e. The van der Waals surface area contributed by atoms with Crippen molar-refractivity contribution < 1.29 is 9.90 Å². The molecule has 0 bridgehead atoms. The van der Waals surface area contributed by atoms with Crippen molar-refractivity contribution in [2.75, 3.05) is 6.54 Å². The van der Waals surface area contributed by atoms with Crippen molar-refractivity contribution in [1.82, 2.24) is 0 Å². The van der Waals surface area contributed by atoms with E-state index < -0.39 is 5.60 Å². The minimum atomic E-state index is -0.927. The van der Waals surface area contributed by atoms with E-state index in [0.717, 1.165) is 32.0 Å². The first kappa shape index (κ1) is 11.7. The van der Waals surface area contributed by atoms with E-state index in [4.69, 9.17) is 5.73 Å². The topological polar surface area (TPSA) is 63.3 Å². The van der Waals surface area contributed by atoms with Crippen LogP contribution in [-0.2, 0) is 4.79 Å². The molecule has 82 valence electrons. The SMILES string of the molecule is CC(O)(CC=O)C1(CN)CCCCC1. The molecule has 1 aliphatic carbocycles. The van der Waals surface area contributed by atoms with E-state index in [9.17, 15) is 9.90 Å². The number of aliphatic hydroxyl groups is 1. The van der Waals surface area contributed by atoms with Gasteiger partial charge in [0, 0.05) is 18.4 Å². The standard InChI is InChI=1S/C11H21NO2/c1-10(14,7-8-13)11(9-12)5-3-2-4-6-11/h8,14H,2-7,9,12H2,1H3. The van der Waals surface area contributed by atoms with E-state index in [1.54, 1.807) is 6.92 Å². The molecule has 0 spiro atoms. The van der Waals surface area contributed by atoms with Gasteiger partial charge in [-0.1, -0.05) is 19.3 Å². The summed E-state index contributed by atoms with van der Waals surface area (Å²) in [6.45, 7) is 2.23. The molecule has 1 aliphatic rings. The number of hydrogen-bond acceptors (Lipinski definition) is 3. The normalized spacial score (nSPS) is 25.4. The van der Waals surface area contributed by atoms with Crippen LogP contribution < -0.4 is 5.73 Å². The average Bonchev–Trinajstić information content (AvgIpc) is 2.18. The summed E-state index contributed by atoms with van der Waals surface area (Å²) in [6, 6.07) is 0. The zero-order valence-corrected chi connectivity index (χ0v) is 8.96. The molecule has 1 saturated carbocycles. The van der Waals surface area contributed by atoms with Gasteiger partial charge in [-0.2, -0.15) is 0 Å². The largest absolute Gasteiger partial charge is 0.389 e. The van der Waals surface area contributed by atoms with Crippen molar-refractivity contribution in [3.05, 3.63) is 0 Å². The van der Waals surface area contributed by atoms with Gasteiger partial charge in [0.05, 0.1) is 5.60 Å². The Labute approximate surface area is 85.7 Å². The van der Waals surface area contributed by atoms with Crippen LogP contribution in [0.15, 0.2) is 0 Å². The number of rotatable bonds is 4. The highest BCUT2D eigenvalue weighted by molar-refractivity contribution is 5.51. The molecule has 0 aromatic rings. The van der Waals surface area contributed by atoms with Crippen molar-refractivity contribution in [3.63, 3.8) is 0 Å². The lowest BCUT2D eigenvalue weighted by atomic mass is 9.63. The summed E-state index contributed by atoms with van der Waals surface area (Å²) in [4.78, 5) is 10.5. The molecule has 0 aromatic carbocycles. The fourth-order valence-electron chi connectivity index (χ4n) is 2.57. The van der Waals surface area contributed by atoms with Crippen LogP contribution in [0.25, 0.3) is 0 Å². The van der Waals surface area contributed by atoms with Crippen LogP contribution in [0.4, 0.5) is 0 Å². The molecule has 3 nitrogen and oxygen atoms in total. The molecule has 1 atom stereocenters. The highest BCUT2D eigenvalue weighted by Crippen LogP contribution is 2.45. The van der Waals surface area contributed by atoms with E-state index in [-0.39, 0.29) is 11.8 Å². The first-order valence-electron chi connectivity index (χ1n) is 5.44. The van der Waals surface area contributed by atoms with Gasteiger partial charge in [0.25, 0.3) is 0 Å². The van der Waals surface area contributed by atoms with Crippen LogP contribution in [0.5, 0.6) is 0 Å². The Morgan fingerprint density at radius 1 is 1.43 bits per heavy atom. The number of carbonyl (C=O) groups excluding carboxylic acids is 1. The van der Waals surface area contributed by atoms with E-state index in [1.165, 1.54) is 6.42 Å². The Morgan fingerprint density at radius 3 is 2.43 bits per heavy atom. The molecule has 3 N–H and O–H groups in total. The Balaban J connectivity index is 2.80. The van der Waals surface area contributed by atoms with Gasteiger partial charge < -0.3 is 15.6 Å². The minimum Gasteiger partial charge on any atom is -0.389 e. The van der Waals surface area contributed by atoms with E-state index in [2.05, 4.69) is 0 Å². The summed E-state index contributed by atoms with van der Waals surface area (Å²) in [6.07, 6.45) is 6.35. The first-order valence-corrected chi connectivity index (χ1v) is 5.44. The molecule has 0 aliphatic heterocycles. The van der Waals surface area contributed by atoms with Gasteiger partial charge in [-0.3, -0.25) is 0 Å². The first-order chi connectivity index (χ1) is 6.58. The maximum absolute atomic E-state index is 10.5. The zero-order valence-electron chi connectivity index (χ0n) is 8.96. The second-order valence-electron chi connectivity index (χ2n) is 4.69. The van der Waals surface area contributed by atoms with Crippen molar-refractivity contribution in [1.29, 1.82) is 0 Å². The third-order valence-electron chi connectivity index (χ3n) is 3.82. The fourth-order valence-corrected chi connectivity index (χ4v) is 2.57. The lowest BCUT2D eigenvalue weighted by molar-refractivity contribution is -0.123. The molecule has 0 radical (unpaired) electrons. The summed E-state index contributed by atoms with van der Waals surface area (Å²) in [5.41, 5.74) is 4.62. The van der Waals surface area contributed by atoms with Crippen molar-refractivity contribution in [3.8, 4) is 0 Å². The average molecular weight is 199 g/mol. The van der Waals surface area contributed by atoms with Gasteiger partial charge in [-0.15, -0.1) is 0 Å². The quantitative estimate of drug-likeness (QED) is 0.669.